The van der Waals surface area contributed by atoms with E-state index in [2.05, 4.69) is 26.0 Å². The van der Waals surface area contributed by atoms with E-state index in [1.807, 2.05) is 44.2 Å². The second kappa shape index (κ2) is 7.68. The van der Waals surface area contributed by atoms with Crippen LogP contribution in [0, 0.1) is 23.2 Å². The van der Waals surface area contributed by atoms with E-state index in [0.717, 1.165) is 17.0 Å². The Morgan fingerprint density at radius 1 is 1.25 bits per heavy atom. The fourth-order valence-corrected chi connectivity index (χ4v) is 8.41. The lowest BCUT2D eigenvalue weighted by Gasteiger charge is -2.59. The molecule has 3 saturated carbocycles. The van der Waals surface area contributed by atoms with Gasteiger partial charge in [0, 0.05) is 17.8 Å². The third kappa shape index (κ3) is 2.81. The SMILES string of the molecule is CC(C)c1ccc(N=C2C=C[C@@]3(C)C(=C2)CC[C@H]2[C@@H]4C[C@@H](C)[C@@]5(C(=O)CO)O[C@]45C[C@H](O)[C@@]23F)cc1. The standard InChI is InChI=1S/C30H36FNO4/c1-17(2)19-5-8-21(9-6-19)32-22-11-12-27(4)20(14-22)7-10-23-24-13-18(3)30(26(35)16-33)28(24,36-30)15-25(34)29(23,27)31/h5-6,8-9,11-12,14,17-18,23-25,33-34H,7,10,13,15-16H2,1-4H3/t18-,23+,24+,25+,27+,28-,29+,30+/m1/s1. The van der Waals surface area contributed by atoms with Gasteiger partial charge in [-0.15, -0.1) is 0 Å². The van der Waals surface area contributed by atoms with Crippen LogP contribution in [0.1, 0.15) is 64.9 Å². The topological polar surface area (TPSA) is 82.4 Å². The van der Waals surface area contributed by atoms with Crippen molar-refractivity contribution >= 4 is 17.2 Å². The Labute approximate surface area is 212 Å². The van der Waals surface area contributed by atoms with Gasteiger partial charge < -0.3 is 14.9 Å². The number of Topliss-reactive ketones (excluding diaryl/α,β-unsaturated/α-hetero) is 1. The van der Waals surface area contributed by atoms with Crippen LogP contribution in [-0.4, -0.2) is 51.3 Å². The van der Waals surface area contributed by atoms with E-state index in [1.54, 1.807) is 0 Å². The van der Waals surface area contributed by atoms with Crippen LogP contribution in [0.4, 0.5) is 10.1 Å². The number of aliphatic hydroxyl groups excluding tert-OH is 2. The summed E-state index contributed by atoms with van der Waals surface area (Å²) in [6.45, 7) is 7.59. The third-order valence-corrected chi connectivity index (χ3v) is 10.3. The van der Waals surface area contributed by atoms with Crippen LogP contribution in [0.15, 0.2) is 53.1 Å². The normalized spacial score (nSPS) is 45.6. The molecule has 192 valence electrons. The molecule has 6 heteroatoms. The number of allylic oxidation sites excluding steroid dienone is 4. The smallest absolute Gasteiger partial charge is 0.193 e. The first-order chi connectivity index (χ1) is 17.0. The van der Waals surface area contributed by atoms with Gasteiger partial charge >= 0.3 is 0 Å². The minimum atomic E-state index is -1.86. The summed E-state index contributed by atoms with van der Waals surface area (Å²) in [4.78, 5) is 17.5. The Balaban J connectivity index is 1.33. The molecule has 4 fully saturated rings. The largest absolute Gasteiger partial charge is 0.390 e. The number of aliphatic hydroxyl groups is 2. The summed E-state index contributed by atoms with van der Waals surface area (Å²) in [5, 5.41) is 21.0. The van der Waals surface area contributed by atoms with Gasteiger partial charge in [-0.25, -0.2) is 9.38 Å². The van der Waals surface area contributed by atoms with Crippen LogP contribution in [0.2, 0.25) is 0 Å². The molecule has 4 aliphatic carbocycles. The van der Waals surface area contributed by atoms with E-state index in [-0.39, 0.29) is 24.0 Å². The number of carbonyl (C=O) groups excluding carboxylic acids is 1. The van der Waals surface area contributed by atoms with Gasteiger partial charge in [0.15, 0.2) is 17.1 Å². The Bertz CT molecular complexity index is 1200. The summed E-state index contributed by atoms with van der Waals surface area (Å²) in [5.74, 6) is -0.564. The number of nitrogens with zero attached hydrogens (tertiary/aromatic N) is 1. The van der Waals surface area contributed by atoms with Gasteiger partial charge in [-0.2, -0.15) is 0 Å². The molecule has 8 atom stereocenters. The molecule has 6 rings (SSSR count). The number of hydrogen-bond acceptors (Lipinski definition) is 5. The van der Waals surface area contributed by atoms with Crippen LogP contribution in [0.3, 0.4) is 0 Å². The number of carbonyl (C=O) groups is 1. The van der Waals surface area contributed by atoms with Crippen LogP contribution in [-0.2, 0) is 9.53 Å². The molecule has 1 aliphatic heterocycles. The lowest BCUT2D eigenvalue weighted by atomic mass is 9.48. The highest BCUT2D eigenvalue weighted by Crippen LogP contribution is 2.76. The van der Waals surface area contributed by atoms with Gasteiger partial charge in [-0.05, 0) is 73.8 Å². The molecule has 5 aliphatic rings. The van der Waals surface area contributed by atoms with Gasteiger partial charge in [-0.1, -0.05) is 44.6 Å². The van der Waals surface area contributed by atoms with Gasteiger partial charge in [0.25, 0.3) is 0 Å². The number of halogens is 1. The molecule has 0 amide bonds. The molecule has 0 radical (unpaired) electrons. The first-order valence-electron chi connectivity index (χ1n) is 13.3. The van der Waals surface area contributed by atoms with Crippen molar-refractivity contribution in [3.63, 3.8) is 0 Å². The number of benzene rings is 1. The zero-order valence-electron chi connectivity index (χ0n) is 21.5. The second-order valence-corrected chi connectivity index (χ2v) is 12.2. The monoisotopic (exact) mass is 493 g/mol. The highest BCUT2D eigenvalue weighted by molar-refractivity contribution is 6.07. The Hall–Kier alpha value is -2.15. The zero-order valence-corrected chi connectivity index (χ0v) is 21.5. The minimum Gasteiger partial charge on any atom is -0.390 e. The number of hydrogen-bond donors (Lipinski definition) is 2. The molecule has 1 heterocycles. The highest BCUT2D eigenvalue weighted by atomic mass is 19.1. The predicted molar refractivity (Wildman–Crippen MR) is 136 cm³/mol. The molecule has 5 nitrogen and oxygen atoms in total. The maximum atomic E-state index is 17.4. The average molecular weight is 494 g/mol. The highest BCUT2D eigenvalue weighted by Gasteiger charge is 2.87. The number of epoxide rings is 1. The van der Waals surface area contributed by atoms with Crippen molar-refractivity contribution in [2.45, 2.75) is 82.3 Å². The molecular weight excluding hydrogens is 457 g/mol. The van der Waals surface area contributed by atoms with Crippen molar-refractivity contribution in [2.75, 3.05) is 6.61 Å². The Morgan fingerprint density at radius 2 is 1.97 bits per heavy atom. The van der Waals surface area contributed by atoms with Gasteiger partial charge in [0.2, 0.25) is 0 Å². The van der Waals surface area contributed by atoms with Crippen LogP contribution in [0.25, 0.3) is 0 Å². The predicted octanol–water partition coefficient (Wildman–Crippen LogP) is 4.99. The maximum Gasteiger partial charge on any atom is 0.193 e. The van der Waals surface area contributed by atoms with E-state index < -0.39 is 40.9 Å². The summed E-state index contributed by atoms with van der Waals surface area (Å²) < 4.78 is 23.5. The summed E-state index contributed by atoms with van der Waals surface area (Å²) in [5.41, 5.74) is -0.877. The number of aliphatic imine (C=N–C) groups is 1. The van der Waals surface area contributed by atoms with Crippen molar-refractivity contribution in [1.29, 1.82) is 0 Å². The first-order valence-corrected chi connectivity index (χ1v) is 13.3. The number of rotatable bonds is 4. The number of ketones is 1. The first kappa shape index (κ1) is 24.2. The number of fused-ring (bicyclic) bond motifs is 4. The maximum absolute atomic E-state index is 17.4. The Morgan fingerprint density at radius 3 is 2.64 bits per heavy atom. The molecule has 1 aromatic carbocycles. The quantitative estimate of drug-likeness (QED) is 0.579. The average Bonchev–Trinajstić information content (AvgIpc) is 3.46. The van der Waals surface area contributed by atoms with E-state index in [4.69, 9.17) is 9.73 Å². The fourth-order valence-electron chi connectivity index (χ4n) is 8.41. The van der Waals surface area contributed by atoms with Crippen molar-refractivity contribution < 1.29 is 24.1 Å². The van der Waals surface area contributed by atoms with Crippen molar-refractivity contribution in [2.24, 2.45) is 28.2 Å². The number of alkyl halides is 1. The van der Waals surface area contributed by atoms with Gasteiger partial charge in [0.1, 0.15) is 12.2 Å². The van der Waals surface area contributed by atoms with Crippen molar-refractivity contribution in [3.05, 3.63) is 53.6 Å². The molecular formula is C30H36FNO4. The van der Waals surface area contributed by atoms with Crippen LogP contribution in [0.5, 0.6) is 0 Å². The lowest BCUT2D eigenvalue weighted by molar-refractivity contribution is -0.179. The van der Waals surface area contributed by atoms with Gasteiger partial charge in [-0.3, -0.25) is 4.79 Å². The molecule has 1 aromatic rings. The number of ether oxygens (including phenoxy) is 1. The fraction of sp³-hybridized carbons (Fsp3) is 0.600. The summed E-state index contributed by atoms with van der Waals surface area (Å²) >= 11 is 0. The minimum absolute atomic E-state index is 0.0839. The third-order valence-electron chi connectivity index (χ3n) is 10.3. The lowest BCUT2D eigenvalue weighted by Crippen LogP contribution is -2.66. The molecule has 2 N–H and O–H groups in total. The molecule has 1 saturated heterocycles. The molecule has 0 aromatic heterocycles. The molecule has 0 bridgehead atoms. The second-order valence-electron chi connectivity index (χ2n) is 12.2. The summed E-state index contributed by atoms with van der Waals surface area (Å²) in [6, 6.07) is 8.20. The van der Waals surface area contributed by atoms with E-state index >= 15 is 4.39 Å². The van der Waals surface area contributed by atoms with Crippen molar-refractivity contribution in [3.8, 4) is 0 Å². The summed E-state index contributed by atoms with van der Waals surface area (Å²) in [7, 11) is 0. The zero-order chi connectivity index (χ0) is 25.7. The summed E-state index contributed by atoms with van der Waals surface area (Å²) in [6.07, 6.45) is 6.56. The van der Waals surface area contributed by atoms with E-state index in [9.17, 15) is 15.0 Å². The van der Waals surface area contributed by atoms with Crippen LogP contribution < -0.4 is 0 Å². The molecule has 1 spiro atoms. The van der Waals surface area contributed by atoms with Crippen LogP contribution >= 0.6 is 0 Å². The Kier molecular flexibility index (Phi) is 5.17. The molecule has 0 unspecified atom stereocenters. The van der Waals surface area contributed by atoms with E-state index in [0.29, 0.717) is 25.2 Å². The van der Waals surface area contributed by atoms with Gasteiger partial charge in [0.05, 0.1) is 17.5 Å². The molecule has 36 heavy (non-hydrogen) atoms. The van der Waals surface area contributed by atoms with E-state index in [1.165, 1.54) is 5.56 Å². The van der Waals surface area contributed by atoms with Crippen molar-refractivity contribution in [1.82, 2.24) is 0 Å².